The van der Waals surface area contributed by atoms with E-state index in [0.717, 1.165) is 17.3 Å². The van der Waals surface area contributed by atoms with E-state index in [1.54, 1.807) is 31.2 Å². The van der Waals surface area contributed by atoms with Gasteiger partial charge in [0.05, 0.1) is 23.1 Å². The van der Waals surface area contributed by atoms with Crippen molar-refractivity contribution >= 4 is 35.2 Å². The van der Waals surface area contributed by atoms with Crippen LogP contribution in [0.4, 0.5) is 0 Å². The Kier molecular flexibility index (Phi) is 5.99. The van der Waals surface area contributed by atoms with Crippen molar-refractivity contribution < 1.29 is 23.9 Å². The molecule has 1 heterocycles. The first-order valence-electron chi connectivity index (χ1n) is 10.2. The first kappa shape index (κ1) is 22.0. The van der Waals surface area contributed by atoms with Gasteiger partial charge in [-0.1, -0.05) is 54.6 Å². The number of rotatable bonds is 6. The van der Waals surface area contributed by atoms with Gasteiger partial charge in [0, 0.05) is 16.9 Å². The molecule has 2 atom stereocenters. The Morgan fingerprint density at radius 3 is 2.34 bits per heavy atom. The highest BCUT2D eigenvalue weighted by Crippen LogP contribution is 2.46. The number of benzene rings is 2. The molecule has 164 valence electrons. The second kappa shape index (κ2) is 8.72. The van der Waals surface area contributed by atoms with Crippen LogP contribution in [0.15, 0.2) is 65.1 Å². The van der Waals surface area contributed by atoms with Crippen LogP contribution in [-0.4, -0.2) is 47.4 Å². The summed E-state index contributed by atoms with van der Waals surface area (Å²) in [5.74, 6) is -2.21. The number of fused-ring (bicyclic) bond motifs is 1. The van der Waals surface area contributed by atoms with Crippen LogP contribution >= 0.6 is 11.8 Å². The Morgan fingerprint density at radius 2 is 1.69 bits per heavy atom. The van der Waals surface area contributed by atoms with Crippen molar-refractivity contribution in [3.63, 3.8) is 0 Å². The highest BCUT2D eigenvalue weighted by Gasteiger charge is 2.56. The maximum absolute atomic E-state index is 13.4. The molecular formula is C24H22N2O5S. The molecule has 4 rings (SSSR count). The summed E-state index contributed by atoms with van der Waals surface area (Å²) in [5.41, 5.74) is 5.67. The molecule has 2 aromatic rings. The van der Waals surface area contributed by atoms with Crippen LogP contribution in [0.25, 0.3) is 0 Å². The van der Waals surface area contributed by atoms with E-state index < -0.39 is 29.2 Å². The van der Waals surface area contributed by atoms with E-state index in [1.807, 2.05) is 30.3 Å². The quantitative estimate of drug-likeness (QED) is 0.647. The van der Waals surface area contributed by atoms with Crippen LogP contribution in [0, 0.1) is 0 Å². The fraction of sp³-hybridized carbons (Fsp3) is 0.250. The number of carbonyl (C=O) groups excluding carboxylic acids is 4. The zero-order valence-electron chi connectivity index (χ0n) is 17.4. The molecule has 0 saturated heterocycles. The van der Waals surface area contributed by atoms with Gasteiger partial charge in [-0.3, -0.25) is 14.4 Å². The molecule has 1 aliphatic heterocycles. The first-order chi connectivity index (χ1) is 15.4. The lowest BCUT2D eigenvalue weighted by Gasteiger charge is -2.32. The van der Waals surface area contributed by atoms with Crippen molar-refractivity contribution in [1.82, 2.24) is 5.32 Å². The third-order valence-corrected chi connectivity index (χ3v) is 6.79. The predicted molar refractivity (Wildman–Crippen MR) is 120 cm³/mol. The van der Waals surface area contributed by atoms with E-state index in [1.165, 1.54) is 0 Å². The molecule has 1 amide bonds. The standard InChI is InChI=1S/C24H22N2O5S/c1-2-31-23(30)24(26-22(29)17(25)12-14-8-4-3-5-9-14)13-32-21-18(24)19(27)15-10-6-7-11-16(15)20(21)28/h3-11,17H,2,12-13,25H2,1H3,(H,26,29)/t17-,24?/m0/s1. The van der Waals surface area contributed by atoms with E-state index in [0.29, 0.717) is 0 Å². The number of thioether (sulfide) groups is 1. The van der Waals surface area contributed by atoms with E-state index in [-0.39, 0.29) is 46.2 Å². The van der Waals surface area contributed by atoms with E-state index in [4.69, 9.17) is 10.5 Å². The SMILES string of the molecule is CCOC(=O)C1(NC(=O)[C@@H](N)Cc2ccccc2)CSC2=C1C(=O)c1ccccc1C2=O. The maximum Gasteiger partial charge on any atom is 0.337 e. The molecule has 2 aromatic carbocycles. The Morgan fingerprint density at radius 1 is 1.06 bits per heavy atom. The predicted octanol–water partition coefficient (Wildman–Crippen LogP) is 2.05. The van der Waals surface area contributed by atoms with Crippen molar-refractivity contribution in [2.45, 2.75) is 24.9 Å². The summed E-state index contributed by atoms with van der Waals surface area (Å²) in [6.45, 7) is 1.69. The summed E-state index contributed by atoms with van der Waals surface area (Å²) >= 11 is 1.07. The molecule has 1 unspecified atom stereocenters. The van der Waals surface area contributed by atoms with Crippen LogP contribution < -0.4 is 11.1 Å². The summed E-state index contributed by atoms with van der Waals surface area (Å²) in [6, 6.07) is 14.7. The van der Waals surface area contributed by atoms with Crippen LogP contribution in [0.2, 0.25) is 0 Å². The number of amides is 1. The molecule has 0 radical (unpaired) electrons. The fourth-order valence-corrected chi connectivity index (χ4v) is 5.31. The molecule has 0 saturated carbocycles. The number of hydrogen-bond donors (Lipinski definition) is 2. The van der Waals surface area contributed by atoms with Gasteiger partial charge in [0.2, 0.25) is 11.7 Å². The highest BCUT2D eigenvalue weighted by atomic mass is 32.2. The van der Waals surface area contributed by atoms with Crippen molar-refractivity contribution in [1.29, 1.82) is 0 Å². The molecule has 0 bridgehead atoms. The number of hydrogen-bond acceptors (Lipinski definition) is 7. The number of nitrogens with one attached hydrogen (secondary N) is 1. The molecule has 7 nitrogen and oxygen atoms in total. The Bertz CT molecular complexity index is 1140. The minimum absolute atomic E-state index is 0.0221. The second-order valence-corrected chi connectivity index (χ2v) is 8.59. The van der Waals surface area contributed by atoms with Gasteiger partial charge < -0.3 is 15.8 Å². The number of esters is 1. The molecule has 32 heavy (non-hydrogen) atoms. The van der Waals surface area contributed by atoms with Crippen LogP contribution in [0.3, 0.4) is 0 Å². The Labute approximate surface area is 189 Å². The maximum atomic E-state index is 13.4. The molecular weight excluding hydrogens is 428 g/mol. The lowest BCUT2D eigenvalue weighted by atomic mass is 9.79. The van der Waals surface area contributed by atoms with E-state index >= 15 is 0 Å². The number of nitrogens with two attached hydrogens (primary N) is 1. The molecule has 0 fully saturated rings. The van der Waals surface area contributed by atoms with Gasteiger partial charge in [0.25, 0.3) is 0 Å². The van der Waals surface area contributed by atoms with Crippen LogP contribution in [0.5, 0.6) is 0 Å². The van der Waals surface area contributed by atoms with Gasteiger partial charge in [-0.2, -0.15) is 0 Å². The zero-order chi connectivity index (χ0) is 22.9. The van der Waals surface area contributed by atoms with E-state index in [9.17, 15) is 19.2 Å². The summed E-state index contributed by atoms with van der Waals surface area (Å²) in [6.07, 6.45) is 0.250. The Balaban J connectivity index is 1.70. The number of carbonyl (C=O) groups is 4. The topological polar surface area (TPSA) is 116 Å². The molecule has 1 aliphatic carbocycles. The molecule has 0 aromatic heterocycles. The van der Waals surface area contributed by atoms with Gasteiger partial charge >= 0.3 is 5.97 Å². The highest BCUT2D eigenvalue weighted by molar-refractivity contribution is 8.04. The lowest BCUT2D eigenvalue weighted by molar-refractivity contribution is -0.150. The monoisotopic (exact) mass is 450 g/mol. The first-order valence-corrected chi connectivity index (χ1v) is 11.2. The van der Waals surface area contributed by atoms with Crippen molar-refractivity contribution in [3.05, 3.63) is 81.8 Å². The zero-order valence-corrected chi connectivity index (χ0v) is 18.2. The second-order valence-electron chi connectivity index (χ2n) is 7.61. The van der Waals surface area contributed by atoms with Gasteiger partial charge in [-0.25, -0.2) is 4.79 Å². The minimum Gasteiger partial charge on any atom is -0.464 e. The largest absolute Gasteiger partial charge is 0.464 e. The van der Waals surface area contributed by atoms with Crippen LogP contribution in [0.1, 0.15) is 33.2 Å². The number of ketones is 2. The average Bonchev–Trinajstić information content (AvgIpc) is 3.19. The molecule has 2 aliphatic rings. The number of ether oxygens (including phenoxy) is 1. The fourth-order valence-electron chi connectivity index (χ4n) is 3.96. The van der Waals surface area contributed by atoms with Crippen molar-refractivity contribution in [2.24, 2.45) is 5.73 Å². The normalized spacial score (nSPS) is 20.4. The molecule has 0 spiro atoms. The number of allylic oxidation sites excluding steroid dienone is 1. The lowest BCUT2D eigenvalue weighted by Crippen LogP contribution is -2.62. The number of Topliss-reactive ketones (excluding diaryl/α,β-unsaturated/α-hetero) is 2. The summed E-state index contributed by atoms with van der Waals surface area (Å²) in [7, 11) is 0. The van der Waals surface area contributed by atoms with E-state index in [2.05, 4.69) is 5.32 Å². The summed E-state index contributed by atoms with van der Waals surface area (Å²) < 4.78 is 5.24. The Hall–Kier alpha value is -3.23. The summed E-state index contributed by atoms with van der Waals surface area (Å²) in [4.78, 5) is 52.8. The molecule has 3 N–H and O–H groups in total. The third kappa shape index (κ3) is 3.65. The third-order valence-electron chi connectivity index (χ3n) is 5.53. The van der Waals surface area contributed by atoms with Crippen LogP contribution in [-0.2, 0) is 20.7 Å². The van der Waals surface area contributed by atoms with Crippen molar-refractivity contribution in [3.8, 4) is 0 Å². The minimum atomic E-state index is -1.78. The van der Waals surface area contributed by atoms with Crippen molar-refractivity contribution in [2.75, 3.05) is 12.4 Å². The van der Waals surface area contributed by atoms with Gasteiger partial charge in [-0.15, -0.1) is 11.8 Å². The van der Waals surface area contributed by atoms with Gasteiger partial charge in [0.1, 0.15) is 0 Å². The van der Waals surface area contributed by atoms with Gasteiger partial charge in [0.15, 0.2) is 11.3 Å². The van der Waals surface area contributed by atoms with Gasteiger partial charge in [-0.05, 0) is 18.9 Å². The smallest absolute Gasteiger partial charge is 0.337 e. The average molecular weight is 451 g/mol. The summed E-state index contributed by atoms with van der Waals surface area (Å²) in [5, 5.41) is 2.69. The molecule has 8 heteroatoms.